The first-order valence-electron chi connectivity index (χ1n) is 5.79. The van der Waals surface area contributed by atoms with E-state index in [0.29, 0.717) is 5.88 Å². The minimum atomic E-state index is -0.0687. The van der Waals surface area contributed by atoms with Gasteiger partial charge in [0, 0.05) is 12.0 Å². The first kappa shape index (κ1) is 13.0. The van der Waals surface area contributed by atoms with Crippen molar-refractivity contribution in [2.75, 3.05) is 25.5 Å². The predicted molar refractivity (Wildman–Crippen MR) is 67.8 cm³/mol. The topological polar surface area (TPSA) is 76.1 Å². The molecule has 0 aromatic carbocycles. The van der Waals surface area contributed by atoms with E-state index >= 15 is 0 Å². The first-order valence-corrected chi connectivity index (χ1v) is 6.17. The smallest absolute Gasteiger partial charge is 0.234 e. The summed E-state index contributed by atoms with van der Waals surface area (Å²) in [4.78, 5) is 19.9. The van der Waals surface area contributed by atoms with Gasteiger partial charge in [-0.05, 0) is 25.9 Å². The highest BCUT2D eigenvalue weighted by Gasteiger charge is 2.21. The lowest BCUT2D eigenvalue weighted by atomic mass is 9.97. The number of carbonyl (C=O) groups excluding carboxylic acids is 1. The maximum Gasteiger partial charge on any atom is 0.234 e. The Bertz CT molecular complexity index is 435. The minimum Gasteiger partial charge on any atom is -0.481 e. The molecule has 1 saturated heterocycles. The lowest BCUT2D eigenvalue weighted by Gasteiger charge is -2.21. The Morgan fingerprint density at radius 1 is 1.50 bits per heavy atom. The second-order valence-corrected chi connectivity index (χ2v) is 4.46. The largest absolute Gasteiger partial charge is 0.481 e. The molecule has 2 heterocycles. The maximum absolute atomic E-state index is 12.0. The van der Waals surface area contributed by atoms with Gasteiger partial charge >= 0.3 is 0 Å². The number of halogens is 1. The van der Waals surface area contributed by atoms with Crippen LogP contribution in [0.3, 0.4) is 0 Å². The number of rotatable bonds is 3. The van der Waals surface area contributed by atoms with E-state index < -0.39 is 0 Å². The molecule has 0 spiro atoms. The summed E-state index contributed by atoms with van der Waals surface area (Å²) >= 11 is 5.81. The van der Waals surface area contributed by atoms with Crippen LogP contribution >= 0.6 is 11.6 Å². The van der Waals surface area contributed by atoms with Crippen LogP contribution in [-0.2, 0) is 4.79 Å². The van der Waals surface area contributed by atoms with Crippen LogP contribution in [0.4, 0.5) is 5.95 Å². The fraction of sp³-hybridized carbons (Fsp3) is 0.545. The Labute approximate surface area is 110 Å². The van der Waals surface area contributed by atoms with Crippen LogP contribution in [0, 0.1) is 5.92 Å². The van der Waals surface area contributed by atoms with Gasteiger partial charge in [-0.15, -0.1) is 0 Å². The highest BCUT2D eigenvalue weighted by Crippen LogP contribution is 2.18. The minimum absolute atomic E-state index is 0.000161. The fourth-order valence-electron chi connectivity index (χ4n) is 1.85. The molecule has 0 radical (unpaired) electrons. The van der Waals surface area contributed by atoms with Crippen molar-refractivity contribution in [1.82, 2.24) is 15.3 Å². The van der Waals surface area contributed by atoms with Crippen LogP contribution in [0.5, 0.6) is 5.88 Å². The van der Waals surface area contributed by atoms with Crippen molar-refractivity contribution in [3.05, 3.63) is 11.2 Å². The number of methoxy groups -OCH3 is 1. The summed E-state index contributed by atoms with van der Waals surface area (Å²) in [6, 6.07) is 1.49. The summed E-state index contributed by atoms with van der Waals surface area (Å²) in [7, 11) is 1.48. The van der Waals surface area contributed by atoms with Gasteiger partial charge in [-0.3, -0.25) is 10.1 Å². The van der Waals surface area contributed by atoms with Gasteiger partial charge in [0.25, 0.3) is 0 Å². The number of aromatic nitrogens is 2. The number of amides is 1. The van der Waals surface area contributed by atoms with Crippen LogP contribution in [0.25, 0.3) is 0 Å². The number of piperidine rings is 1. The van der Waals surface area contributed by atoms with E-state index in [9.17, 15) is 4.79 Å². The zero-order valence-corrected chi connectivity index (χ0v) is 10.8. The third-order valence-electron chi connectivity index (χ3n) is 2.83. The monoisotopic (exact) mass is 270 g/mol. The van der Waals surface area contributed by atoms with Gasteiger partial charge in [-0.2, -0.15) is 4.98 Å². The molecule has 1 amide bonds. The number of anilines is 1. The van der Waals surface area contributed by atoms with Crippen molar-refractivity contribution in [2.24, 2.45) is 5.92 Å². The summed E-state index contributed by atoms with van der Waals surface area (Å²) in [5, 5.41) is 6.12. The molecule has 98 valence electrons. The lowest BCUT2D eigenvalue weighted by molar-refractivity contribution is -0.120. The van der Waals surface area contributed by atoms with Crippen molar-refractivity contribution in [3.8, 4) is 5.88 Å². The van der Waals surface area contributed by atoms with Crippen molar-refractivity contribution in [3.63, 3.8) is 0 Å². The normalized spacial score (nSPS) is 16.3. The molecule has 1 aromatic rings. The van der Waals surface area contributed by atoms with Gasteiger partial charge in [-0.25, -0.2) is 4.98 Å². The molecule has 0 atom stereocenters. The number of nitrogens with one attached hydrogen (secondary N) is 2. The molecule has 0 bridgehead atoms. The predicted octanol–water partition coefficient (Wildman–Crippen LogP) is 1.08. The second kappa shape index (κ2) is 5.97. The second-order valence-electron chi connectivity index (χ2n) is 4.07. The number of carbonyl (C=O) groups is 1. The Hall–Kier alpha value is -1.40. The van der Waals surface area contributed by atoms with Gasteiger partial charge in [-0.1, -0.05) is 11.6 Å². The van der Waals surface area contributed by atoms with Crippen molar-refractivity contribution in [1.29, 1.82) is 0 Å². The quantitative estimate of drug-likeness (QED) is 0.804. The van der Waals surface area contributed by atoms with Gasteiger partial charge in [0.2, 0.25) is 17.7 Å². The van der Waals surface area contributed by atoms with Gasteiger partial charge in [0.15, 0.2) is 0 Å². The molecule has 2 rings (SSSR count). The van der Waals surface area contributed by atoms with Crippen molar-refractivity contribution < 1.29 is 9.53 Å². The molecular formula is C11H15ClN4O2. The molecule has 18 heavy (non-hydrogen) atoms. The molecule has 2 N–H and O–H groups in total. The first-order chi connectivity index (χ1) is 8.69. The van der Waals surface area contributed by atoms with E-state index in [0.717, 1.165) is 25.9 Å². The number of hydrogen-bond donors (Lipinski definition) is 2. The molecule has 1 aromatic heterocycles. The SMILES string of the molecule is COc1cc(Cl)nc(NC(=O)C2CCNCC2)n1. The summed E-state index contributed by atoms with van der Waals surface area (Å²) < 4.78 is 4.97. The Balaban J connectivity index is 2.03. The van der Waals surface area contributed by atoms with Crippen LogP contribution in [0.15, 0.2) is 6.07 Å². The summed E-state index contributed by atoms with van der Waals surface area (Å²) in [5.41, 5.74) is 0. The standard InChI is InChI=1S/C11H15ClN4O2/c1-18-9-6-8(12)14-11(15-9)16-10(17)7-2-4-13-5-3-7/h6-7,13H,2-5H2,1H3,(H,14,15,16,17). The van der Waals surface area contributed by atoms with Crippen LogP contribution in [-0.4, -0.2) is 36.1 Å². The van der Waals surface area contributed by atoms with E-state index in [4.69, 9.17) is 16.3 Å². The summed E-state index contributed by atoms with van der Waals surface area (Å²) in [6.45, 7) is 1.72. The molecule has 1 aliphatic heterocycles. The molecule has 1 fully saturated rings. The van der Waals surface area contributed by atoms with E-state index in [1.54, 1.807) is 0 Å². The van der Waals surface area contributed by atoms with E-state index in [2.05, 4.69) is 20.6 Å². The number of hydrogen-bond acceptors (Lipinski definition) is 5. The van der Waals surface area contributed by atoms with Crippen LogP contribution in [0.1, 0.15) is 12.8 Å². The van der Waals surface area contributed by atoms with Gasteiger partial charge in [0.05, 0.1) is 7.11 Å². The molecule has 0 aliphatic carbocycles. The lowest BCUT2D eigenvalue weighted by Crippen LogP contribution is -2.34. The third-order valence-corrected chi connectivity index (χ3v) is 3.02. The summed E-state index contributed by atoms with van der Waals surface area (Å²) in [5.74, 6) is 0.444. The van der Waals surface area contributed by atoms with Gasteiger partial charge < -0.3 is 10.1 Å². The average molecular weight is 271 g/mol. The summed E-state index contributed by atoms with van der Waals surface area (Å²) in [6.07, 6.45) is 1.65. The van der Waals surface area contributed by atoms with Crippen molar-refractivity contribution in [2.45, 2.75) is 12.8 Å². The van der Waals surface area contributed by atoms with E-state index in [-0.39, 0.29) is 22.9 Å². The highest BCUT2D eigenvalue weighted by atomic mass is 35.5. The average Bonchev–Trinajstić information content (AvgIpc) is 2.39. The number of ether oxygens (including phenoxy) is 1. The Kier molecular flexibility index (Phi) is 4.33. The molecule has 6 nitrogen and oxygen atoms in total. The Morgan fingerprint density at radius 2 is 2.22 bits per heavy atom. The van der Waals surface area contributed by atoms with Crippen molar-refractivity contribution >= 4 is 23.5 Å². The maximum atomic E-state index is 12.0. The Morgan fingerprint density at radius 3 is 2.89 bits per heavy atom. The molecule has 0 saturated carbocycles. The number of nitrogens with zero attached hydrogens (tertiary/aromatic N) is 2. The van der Waals surface area contributed by atoms with E-state index in [1.165, 1.54) is 13.2 Å². The van der Waals surface area contributed by atoms with Crippen LogP contribution < -0.4 is 15.4 Å². The highest BCUT2D eigenvalue weighted by molar-refractivity contribution is 6.29. The fourth-order valence-corrected chi connectivity index (χ4v) is 2.03. The molecule has 0 unspecified atom stereocenters. The third kappa shape index (κ3) is 3.30. The molecule has 1 aliphatic rings. The van der Waals surface area contributed by atoms with Gasteiger partial charge in [0.1, 0.15) is 5.15 Å². The van der Waals surface area contributed by atoms with Crippen LogP contribution in [0.2, 0.25) is 5.15 Å². The zero-order chi connectivity index (χ0) is 13.0. The molecule has 7 heteroatoms. The van der Waals surface area contributed by atoms with E-state index in [1.807, 2.05) is 0 Å². The molecular weight excluding hydrogens is 256 g/mol. The zero-order valence-electron chi connectivity index (χ0n) is 10.1.